The summed E-state index contributed by atoms with van der Waals surface area (Å²) in [7, 11) is 0. The molecular weight excluding hydrogens is 651 g/mol. The standard InChI is InChI=1S/C37H29N.C11H10.C3H6.C2H6/c1-28-18-20-31(21-19-28)32-22-24-35(25-23-32)38(36-16-8-14-33(26-36)29-10-4-2-5-11-29)37-17-9-15-34(27-37)30-12-6-3-7-13-30;1-9-5-4-7-10-6-2-3-8-11(9)10;1-3-2;1-2/h2-27H,1H3;2-8H,1H3;3H,1H2,2H3;1-2H3. The number of rotatable bonds is 6. The SMILES string of the molecule is C=CC.CC.Cc1ccc(-c2ccc(N(c3cccc(-c4ccccc4)c3)c3cccc(-c4ccccc4)c3)cc2)cc1.Cc1cccc2ccccc12. The van der Waals surface area contributed by atoms with Crippen molar-refractivity contribution in [2.75, 3.05) is 4.90 Å². The summed E-state index contributed by atoms with van der Waals surface area (Å²) < 4.78 is 0. The van der Waals surface area contributed by atoms with Crippen LogP contribution in [0.5, 0.6) is 0 Å². The van der Waals surface area contributed by atoms with Gasteiger partial charge in [0.1, 0.15) is 0 Å². The van der Waals surface area contributed by atoms with Crippen LogP contribution in [-0.2, 0) is 0 Å². The van der Waals surface area contributed by atoms with Crippen LogP contribution >= 0.6 is 0 Å². The molecule has 0 spiro atoms. The maximum Gasteiger partial charge on any atom is 0.0467 e. The molecule has 0 aliphatic rings. The lowest BCUT2D eigenvalue weighted by Crippen LogP contribution is -2.10. The van der Waals surface area contributed by atoms with Crippen molar-refractivity contribution in [2.45, 2.75) is 34.6 Å². The zero-order valence-electron chi connectivity index (χ0n) is 32.3. The first kappa shape index (κ1) is 38.8. The van der Waals surface area contributed by atoms with Crippen molar-refractivity contribution in [3.05, 3.63) is 224 Å². The van der Waals surface area contributed by atoms with Crippen molar-refractivity contribution < 1.29 is 0 Å². The highest BCUT2D eigenvalue weighted by Gasteiger charge is 2.15. The summed E-state index contributed by atoms with van der Waals surface area (Å²) in [6.45, 7) is 13.5. The molecule has 0 aliphatic carbocycles. The highest BCUT2D eigenvalue weighted by atomic mass is 15.1. The number of allylic oxidation sites excluding steroid dienone is 1. The van der Waals surface area contributed by atoms with Crippen LogP contribution in [-0.4, -0.2) is 0 Å². The van der Waals surface area contributed by atoms with Crippen LogP contribution in [0.2, 0.25) is 0 Å². The molecule has 8 rings (SSSR count). The van der Waals surface area contributed by atoms with Crippen molar-refractivity contribution in [1.29, 1.82) is 0 Å². The molecule has 0 bridgehead atoms. The second-order valence-corrected chi connectivity index (χ2v) is 12.8. The van der Waals surface area contributed by atoms with Gasteiger partial charge in [-0.25, -0.2) is 0 Å². The number of fused-ring (bicyclic) bond motifs is 1. The Morgan fingerprint density at radius 2 is 0.778 bits per heavy atom. The first-order chi connectivity index (χ1) is 26.5. The highest BCUT2D eigenvalue weighted by molar-refractivity contribution is 5.85. The normalized spacial score (nSPS) is 10.0. The Kier molecular flexibility index (Phi) is 14.3. The molecule has 0 fully saturated rings. The molecule has 0 aromatic heterocycles. The minimum absolute atomic E-state index is 1.12. The summed E-state index contributed by atoms with van der Waals surface area (Å²) in [5.41, 5.74) is 13.2. The molecule has 0 saturated carbocycles. The first-order valence-electron chi connectivity index (χ1n) is 18.8. The summed E-state index contributed by atoms with van der Waals surface area (Å²) in [6.07, 6.45) is 1.75. The number of aryl methyl sites for hydroxylation is 2. The van der Waals surface area contributed by atoms with Crippen molar-refractivity contribution in [3.63, 3.8) is 0 Å². The third-order valence-corrected chi connectivity index (χ3v) is 8.94. The molecule has 0 saturated heterocycles. The second-order valence-electron chi connectivity index (χ2n) is 12.8. The van der Waals surface area contributed by atoms with Gasteiger partial charge in [-0.05, 0) is 107 Å². The lowest BCUT2D eigenvalue weighted by molar-refractivity contribution is 1.28. The first-order valence-corrected chi connectivity index (χ1v) is 18.8. The molecule has 0 unspecified atom stereocenters. The van der Waals surface area contributed by atoms with Gasteiger partial charge in [-0.2, -0.15) is 0 Å². The van der Waals surface area contributed by atoms with Gasteiger partial charge in [0.2, 0.25) is 0 Å². The number of anilines is 3. The van der Waals surface area contributed by atoms with Gasteiger partial charge in [0.25, 0.3) is 0 Å². The summed E-state index contributed by atoms with van der Waals surface area (Å²) in [4.78, 5) is 2.35. The highest BCUT2D eigenvalue weighted by Crippen LogP contribution is 2.39. The summed E-state index contributed by atoms with van der Waals surface area (Å²) in [6, 6.07) is 71.1. The summed E-state index contributed by atoms with van der Waals surface area (Å²) >= 11 is 0. The van der Waals surface area contributed by atoms with Crippen LogP contribution in [0.15, 0.2) is 213 Å². The number of nitrogens with zero attached hydrogens (tertiary/aromatic N) is 1. The van der Waals surface area contributed by atoms with E-state index < -0.39 is 0 Å². The molecule has 268 valence electrons. The Morgan fingerprint density at radius 3 is 1.28 bits per heavy atom. The van der Waals surface area contributed by atoms with Crippen molar-refractivity contribution in [1.82, 2.24) is 0 Å². The van der Waals surface area contributed by atoms with Crippen molar-refractivity contribution in [3.8, 4) is 33.4 Å². The van der Waals surface area contributed by atoms with Crippen LogP contribution in [0.3, 0.4) is 0 Å². The fourth-order valence-electron chi connectivity index (χ4n) is 6.29. The lowest BCUT2D eigenvalue weighted by atomic mass is 10.0. The van der Waals surface area contributed by atoms with Crippen LogP contribution in [0, 0.1) is 13.8 Å². The molecule has 1 heteroatoms. The third-order valence-electron chi connectivity index (χ3n) is 8.94. The van der Waals surface area contributed by atoms with Gasteiger partial charge in [-0.1, -0.05) is 189 Å². The number of benzene rings is 8. The third kappa shape index (κ3) is 10.1. The van der Waals surface area contributed by atoms with Crippen LogP contribution in [0.25, 0.3) is 44.2 Å². The minimum Gasteiger partial charge on any atom is -0.310 e. The van der Waals surface area contributed by atoms with Crippen LogP contribution in [0.4, 0.5) is 17.1 Å². The largest absolute Gasteiger partial charge is 0.310 e. The lowest BCUT2D eigenvalue weighted by Gasteiger charge is -2.27. The Bertz CT molecular complexity index is 2230. The Labute approximate surface area is 323 Å². The maximum absolute atomic E-state index is 3.36. The predicted molar refractivity (Wildman–Crippen MR) is 238 cm³/mol. The Hall–Kier alpha value is -6.44. The van der Waals surface area contributed by atoms with Crippen molar-refractivity contribution >= 4 is 27.8 Å². The summed E-state index contributed by atoms with van der Waals surface area (Å²) in [5, 5.41) is 2.68. The van der Waals surface area contributed by atoms with E-state index >= 15 is 0 Å². The van der Waals surface area contributed by atoms with Gasteiger partial charge in [0.15, 0.2) is 0 Å². The minimum atomic E-state index is 1.12. The predicted octanol–water partition coefficient (Wildman–Crippen LogP) is 15.8. The van der Waals surface area contributed by atoms with E-state index in [0.29, 0.717) is 0 Å². The molecule has 8 aromatic carbocycles. The van der Waals surface area contributed by atoms with Gasteiger partial charge >= 0.3 is 0 Å². The fourth-order valence-corrected chi connectivity index (χ4v) is 6.29. The van der Waals surface area contributed by atoms with E-state index in [4.69, 9.17) is 0 Å². The molecule has 0 amide bonds. The fraction of sp³-hybridized carbons (Fsp3) is 0.0943. The summed E-state index contributed by atoms with van der Waals surface area (Å²) in [5.74, 6) is 0. The van der Waals surface area contributed by atoms with E-state index in [2.05, 4.69) is 226 Å². The van der Waals surface area contributed by atoms with Crippen LogP contribution in [0.1, 0.15) is 31.9 Å². The van der Waals surface area contributed by atoms with Gasteiger partial charge < -0.3 is 4.90 Å². The average Bonchev–Trinajstić information content (AvgIpc) is 3.24. The quantitative estimate of drug-likeness (QED) is 0.156. The van der Waals surface area contributed by atoms with Crippen molar-refractivity contribution in [2.24, 2.45) is 0 Å². The molecule has 0 heterocycles. The number of hydrogen-bond donors (Lipinski definition) is 0. The van der Waals surface area contributed by atoms with E-state index in [-0.39, 0.29) is 0 Å². The van der Waals surface area contributed by atoms with Gasteiger partial charge in [-0.15, -0.1) is 6.58 Å². The molecular formula is C53H51N. The molecule has 8 aromatic rings. The number of hydrogen-bond acceptors (Lipinski definition) is 1. The molecule has 54 heavy (non-hydrogen) atoms. The van der Waals surface area contributed by atoms with Crippen LogP contribution < -0.4 is 4.90 Å². The van der Waals surface area contributed by atoms with E-state index in [1.54, 1.807) is 6.08 Å². The molecule has 0 aliphatic heterocycles. The van der Waals surface area contributed by atoms with E-state index in [0.717, 1.165) is 17.1 Å². The Morgan fingerprint density at radius 1 is 0.389 bits per heavy atom. The zero-order chi connectivity index (χ0) is 38.1. The average molecular weight is 702 g/mol. The Balaban J connectivity index is 0.000000292. The zero-order valence-corrected chi connectivity index (χ0v) is 32.3. The molecule has 0 N–H and O–H groups in total. The van der Waals surface area contributed by atoms with Gasteiger partial charge in [0.05, 0.1) is 0 Å². The smallest absolute Gasteiger partial charge is 0.0467 e. The molecule has 0 radical (unpaired) electrons. The van der Waals surface area contributed by atoms with Gasteiger partial charge in [-0.3, -0.25) is 0 Å². The topological polar surface area (TPSA) is 3.24 Å². The van der Waals surface area contributed by atoms with E-state index in [1.807, 2.05) is 20.8 Å². The monoisotopic (exact) mass is 701 g/mol. The van der Waals surface area contributed by atoms with Gasteiger partial charge in [0, 0.05) is 17.1 Å². The van der Waals surface area contributed by atoms with E-state index in [9.17, 15) is 0 Å². The molecule has 1 nitrogen and oxygen atoms in total. The maximum atomic E-state index is 3.36. The van der Waals surface area contributed by atoms with E-state index in [1.165, 1.54) is 55.3 Å². The second kappa shape index (κ2) is 20.0. The molecule has 0 atom stereocenters.